The van der Waals surface area contributed by atoms with E-state index in [1.54, 1.807) is 37.7 Å². The van der Waals surface area contributed by atoms with Crippen molar-refractivity contribution in [3.05, 3.63) is 53.9 Å². The summed E-state index contributed by atoms with van der Waals surface area (Å²) < 4.78 is 5.21. The van der Waals surface area contributed by atoms with Gasteiger partial charge in [-0.25, -0.2) is 0 Å². The number of anilines is 1. The van der Waals surface area contributed by atoms with Crippen molar-refractivity contribution in [3.8, 4) is 5.75 Å². The minimum atomic E-state index is -0.161. The van der Waals surface area contributed by atoms with Crippen LogP contribution in [0.5, 0.6) is 5.75 Å². The Morgan fingerprint density at radius 3 is 2.57 bits per heavy atom. The second-order valence-electron chi connectivity index (χ2n) is 4.96. The third-order valence-electron chi connectivity index (χ3n) is 3.22. The third-order valence-corrected chi connectivity index (χ3v) is 3.22. The molecule has 2 N–H and O–H groups in total. The van der Waals surface area contributed by atoms with Gasteiger partial charge in [0.15, 0.2) is 0 Å². The number of amides is 2. The first-order valence-corrected chi connectivity index (χ1v) is 7.23. The van der Waals surface area contributed by atoms with Crippen LogP contribution in [0.15, 0.2) is 42.7 Å². The van der Waals surface area contributed by atoms with E-state index in [0.29, 0.717) is 30.0 Å². The predicted octanol–water partition coefficient (Wildman–Crippen LogP) is 2.02. The normalized spacial score (nSPS) is 10.0. The van der Waals surface area contributed by atoms with Crippen molar-refractivity contribution in [1.29, 1.82) is 0 Å². The molecule has 0 atom stereocenters. The average molecular weight is 313 g/mol. The molecule has 0 fully saturated rings. The molecule has 0 unspecified atom stereocenters. The zero-order chi connectivity index (χ0) is 16.7. The fourth-order valence-corrected chi connectivity index (χ4v) is 2.12. The van der Waals surface area contributed by atoms with Crippen molar-refractivity contribution in [2.75, 3.05) is 19.0 Å². The number of hydrogen-bond acceptors (Lipinski definition) is 4. The molecule has 1 heterocycles. The first-order chi connectivity index (χ1) is 11.1. The number of carbonyl (C=O) groups excluding carboxylic acids is 2. The largest absolute Gasteiger partial charge is 0.495 e. The van der Waals surface area contributed by atoms with Crippen molar-refractivity contribution in [1.82, 2.24) is 10.3 Å². The SMILES string of the molecule is COc1ccc(CCNC(=O)c2ccncc2)cc1NC(C)=O. The topological polar surface area (TPSA) is 80.3 Å². The highest BCUT2D eigenvalue weighted by molar-refractivity contribution is 5.94. The lowest BCUT2D eigenvalue weighted by molar-refractivity contribution is -0.114. The maximum absolute atomic E-state index is 11.9. The smallest absolute Gasteiger partial charge is 0.251 e. The van der Waals surface area contributed by atoms with E-state index < -0.39 is 0 Å². The second kappa shape index (κ2) is 7.93. The van der Waals surface area contributed by atoms with E-state index >= 15 is 0 Å². The molecule has 120 valence electrons. The molecule has 1 aromatic carbocycles. The van der Waals surface area contributed by atoms with Crippen LogP contribution in [0, 0.1) is 0 Å². The number of hydrogen-bond donors (Lipinski definition) is 2. The summed E-state index contributed by atoms with van der Waals surface area (Å²) in [6, 6.07) is 8.88. The molecule has 6 nitrogen and oxygen atoms in total. The molecule has 2 rings (SSSR count). The maximum atomic E-state index is 11.9. The van der Waals surface area contributed by atoms with Crippen LogP contribution < -0.4 is 15.4 Å². The number of ether oxygens (including phenoxy) is 1. The van der Waals surface area contributed by atoms with Gasteiger partial charge in [-0.3, -0.25) is 14.6 Å². The molecule has 2 amide bonds. The Labute approximate surface area is 134 Å². The summed E-state index contributed by atoms with van der Waals surface area (Å²) in [6.45, 7) is 1.94. The van der Waals surface area contributed by atoms with Crippen LogP contribution >= 0.6 is 0 Å². The van der Waals surface area contributed by atoms with Gasteiger partial charge in [-0.15, -0.1) is 0 Å². The molecule has 0 spiro atoms. The van der Waals surface area contributed by atoms with Crippen molar-refractivity contribution in [2.45, 2.75) is 13.3 Å². The van der Waals surface area contributed by atoms with E-state index in [1.807, 2.05) is 12.1 Å². The van der Waals surface area contributed by atoms with Gasteiger partial charge in [0.25, 0.3) is 5.91 Å². The number of nitrogens with one attached hydrogen (secondary N) is 2. The lowest BCUT2D eigenvalue weighted by Crippen LogP contribution is -2.25. The van der Waals surface area contributed by atoms with Gasteiger partial charge >= 0.3 is 0 Å². The van der Waals surface area contributed by atoms with Gasteiger partial charge in [0.1, 0.15) is 5.75 Å². The van der Waals surface area contributed by atoms with Gasteiger partial charge in [0.05, 0.1) is 12.8 Å². The van der Waals surface area contributed by atoms with Crippen molar-refractivity contribution in [3.63, 3.8) is 0 Å². The zero-order valence-corrected chi connectivity index (χ0v) is 13.1. The molecule has 0 aliphatic heterocycles. The molecule has 2 aromatic rings. The van der Waals surface area contributed by atoms with Crippen molar-refractivity contribution < 1.29 is 14.3 Å². The van der Waals surface area contributed by atoms with Crippen LogP contribution in [-0.4, -0.2) is 30.5 Å². The molecule has 0 bridgehead atoms. The molecular formula is C17H19N3O3. The second-order valence-corrected chi connectivity index (χ2v) is 4.96. The first-order valence-electron chi connectivity index (χ1n) is 7.23. The van der Waals surface area contributed by atoms with E-state index in [4.69, 9.17) is 4.74 Å². The Balaban J connectivity index is 1.95. The molecule has 0 radical (unpaired) electrons. The number of methoxy groups -OCH3 is 1. The first kappa shape index (κ1) is 16.5. The fourth-order valence-electron chi connectivity index (χ4n) is 2.12. The molecule has 1 aromatic heterocycles. The van der Waals surface area contributed by atoms with Crippen LogP contribution in [0.25, 0.3) is 0 Å². The van der Waals surface area contributed by atoms with E-state index in [9.17, 15) is 9.59 Å². The minimum Gasteiger partial charge on any atom is -0.495 e. The lowest BCUT2D eigenvalue weighted by Gasteiger charge is -2.11. The number of pyridine rings is 1. The summed E-state index contributed by atoms with van der Waals surface area (Å²) >= 11 is 0. The number of nitrogens with zero attached hydrogens (tertiary/aromatic N) is 1. The summed E-state index contributed by atoms with van der Waals surface area (Å²) in [7, 11) is 1.55. The van der Waals surface area contributed by atoms with Gasteiger partial charge in [0.2, 0.25) is 5.91 Å². The standard InChI is InChI=1S/C17H19N3O3/c1-12(21)20-15-11-13(3-4-16(15)23-2)5-10-19-17(22)14-6-8-18-9-7-14/h3-4,6-9,11H,5,10H2,1-2H3,(H,19,22)(H,20,21). The monoisotopic (exact) mass is 313 g/mol. The van der Waals surface area contributed by atoms with Gasteiger partial charge in [-0.2, -0.15) is 0 Å². The molecule has 6 heteroatoms. The minimum absolute atomic E-state index is 0.136. The molecule has 0 saturated heterocycles. The van der Waals surface area contributed by atoms with Crippen LogP contribution in [0.1, 0.15) is 22.8 Å². The highest BCUT2D eigenvalue weighted by atomic mass is 16.5. The Bertz CT molecular complexity index is 687. The van der Waals surface area contributed by atoms with E-state index in [2.05, 4.69) is 15.6 Å². The molecule has 0 aliphatic carbocycles. The van der Waals surface area contributed by atoms with Crippen LogP contribution in [0.2, 0.25) is 0 Å². The van der Waals surface area contributed by atoms with E-state index in [1.165, 1.54) is 6.92 Å². The van der Waals surface area contributed by atoms with Gasteiger partial charge < -0.3 is 15.4 Å². The molecule has 0 aliphatic rings. The van der Waals surface area contributed by atoms with E-state index in [0.717, 1.165) is 5.56 Å². The van der Waals surface area contributed by atoms with Gasteiger partial charge in [-0.1, -0.05) is 6.07 Å². The molecule has 23 heavy (non-hydrogen) atoms. The fraction of sp³-hybridized carbons (Fsp3) is 0.235. The lowest BCUT2D eigenvalue weighted by atomic mass is 10.1. The summed E-state index contributed by atoms with van der Waals surface area (Å²) in [5.41, 5.74) is 2.19. The zero-order valence-electron chi connectivity index (χ0n) is 13.1. The highest BCUT2D eigenvalue weighted by Crippen LogP contribution is 2.25. The van der Waals surface area contributed by atoms with Gasteiger partial charge in [0, 0.05) is 31.4 Å². The summed E-state index contributed by atoms with van der Waals surface area (Å²) in [5, 5.41) is 5.58. The van der Waals surface area contributed by atoms with Crippen LogP contribution in [-0.2, 0) is 11.2 Å². The van der Waals surface area contributed by atoms with Crippen molar-refractivity contribution >= 4 is 17.5 Å². The third kappa shape index (κ3) is 4.81. The quantitative estimate of drug-likeness (QED) is 0.855. The van der Waals surface area contributed by atoms with Crippen LogP contribution in [0.3, 0.4) is 0 Å². The summed E-state index contributed by atoms with van der Waals surface area (Å²) in [5.74, 6) is 0.305. The summed E-state index contributed by atoms with van der Waals surface area (Å²) in [6.07, 6.45) is 3.81. The Morgan fingerprint density at radius 2 is 1.91 bits per heavy atom. The number of benzene rings is 1. The Hall–Kier alpha value is -2.89. The average Bonchev–Trinajstić information content (AvgIpc) is 2.55. The van der Waals surface area contributed by atoms with Crippen LogP contribution in [0.4, 0.5) is 5.69 Å². The molecular weight excluding hydrogens is 294 g/mol. The highest BCUT2D eigenvalue weighted by Gasteiger charge is 2.07. The Kier molecular flexibility index (Phi) is 5.68. The van der Waals surface area contributed by atoms with Gasteiger partial charge in [-0.05, 0) is 36.2 Å². The maximum Gasteiger partial charge on any atom is 0.251 e. The number of aromatic nitrogens is 1. The number of rotatable bonds is 6. The predicted molar refractivity (Wildman–Crippen MR) is 87.6 cm³/mol. The summed E-state index contributed by atoms with van der Waals surface area (Å²) in [4.78, 5) is 27.0. The molecule has 0 saturated carbocycles. The van der Waals surface area contributed by atoms with E-state index in [-0.39, 0.29) is 11.8 Å². The Morgan fingerprint density at radius 1 is 1.17 bits per heavy atom. The van der Waals surface area contributed by atoms with Crippen molar-refractivity contribution in [2.24, 2.45) is 0 Å². The number of carbonyl (C=O) groups is 2.